The topological polar surface area (TPSA) is 61.5 Å². The van der Waals surface area contributed by atoms with Gasteiger partial charge in [-0.2, -0.15) is 5.53 Å². The minimum absolute atomic E-state index is 0.194. The molecule has 5 nitrogen and oxygen atoms in total. The third-order valence-corrected chi connectivity index (χ3v) is 4.05. The van der Waals surface area contributed by atoms with Gasteiger partial charge in [-0.05, 0) is 48.6 Å². The fourth-order valence-corrected chi connectivity index (χ4v) is 2.48. The number of likely N-dealkylation sites (N-methyl/N-ethyl adjacent to an activating group) is 1. The second-order valence-electron chi connectivity index (χ2n) is 6.04. The molecule has 0 unspecified atom stereocenters. The predicted octanol–water partition coefficient (Wildman–Crippen LogP) is 2.70. The van der Waals surface area contributed by atoms with Crippen LogP contribution in [0.25, 0.3) is 0 Å². The van der Waals surface area contributed by atoms with E-state index in [1.165, 1.54) is 0 Å². The van der Waals surface area contributed by atoms with E-state index in [0.29, 0.717) is 6.54 Å². The maximum absolute atomic E-state index is 12.6. The van der Waals surface area contributed by atoms with Gasteiger partial charge in [-0.25, -0.2) is 0 Å². The zero-order chi connectivity index (χ0) is 17.2. The molecule has 0 aromatic heterocycles. The molecule has 5 heteroatoms. The molecule has 0 aliphatic heterocycles. The molecule has 0 spiro atoms. The first kappa shape index (κ1) is 19.1. The van der Waals surface area contributed by atoms with Gasteiger partial charge in [-0.15, -0.1) is 0 Å². The Bertz CT molecular complexity index is 508. The van der Waals surface area contributed by atoms with Crippen LogP contribution < -0.4 is 10.4 Å². The molecule has 23 heavy (non-hydrogen) atoms. The van der Waals surface area contributed by atoms with Crippen molar-refractivity contribution in [1.29, 1.82) is 0 Å². The van der Waals surface area contributed by atoms with Crippen molar-refractivity contribution in [2.75, 3.05) is 31.6 Å². The Labute approximate surface area is 140 Å². The molecule has 0 radical (unpaired) electrons. The van der Waals surface area contributed by atoms with Crippen LogP contribution in [0.15, 0.2) is 23.3 Å². The van der Waals surface area contributed by atoms with Crippen LogP contribution in [0.2, 0.25) is 0 Å². The number of anilines is 1. The molecule has 0 heterocycles. The standard InChI is InChI=1S/C18H30N4O/c1-5-7-11-22(12-8-6-2)18(23)14-21(4)16-9-10-17(20-19)15(3)13-16/h9-10,13,19H,5-8,11-12,14H2,1-4H3/p+1. The number of unbranched alkanes of at least 4 members (excludes halogenated alkanes) is 2. The van der Waals surface area contributed by atoms with E-state index in [-0.39, 0.29) is 5.91 Å². The average molecular weight is 319 g/mol. The molecule has 1 rings (SSSR count). The molecular weight excluding hydrogens is 288 g/mol. The SMILES string of the molecule is CCCCN(CCCC)C(=O)CN(C)c1ccc(N=[NH2+])c(C)c1. The van der Waals surface area contributed by atoms with Crippen molar-refractivity contribution in [2.24, 2.45) is 5.11 Å². The monoisotopic (exact) mass is 319 g/mol. The number of amides is 1. The second kappa shape index (κ2) is 9.98. The minimum atomic E-state index is 0.194. The molecular formula is C18H31N4O+. The summed E-state index contributed by atoms with van der Waals surface area (Å²) in [7, 11) is 1.95. The Balaban J connectivity index is 2.71. The van der Waals surface area contributed by atoms with Gasteiger partial charge in [0.05, 0.1) is 6.54 Å². The number of hydrogen-bond donors (Lipinski definition) is 1. The number of benzene rings is 1. The van der Waals surface area contributed by atoms with Gasteiger partial charge in [-0.1, -0.05) is 26.7 Å². The molecule has 1 aromatic carbocycles. The van der Waals surface area contributed by atoms with Gasteiger partial charge in [0.15, 0.2) is 0 Å². The number of nitrogens with two attached hydrogens (primary N) is 1. The maximum Gasteiger partial charge on any atom is 0.242 e. The largest absolute Gasteiger partial charge is 0.365 e. The maximum atomic E-state index is 12.6. The Hall–Kier alpha value is -1.91. The molecule has 1 amide bonds. The van der Waals surface area contributed by atoms with E-state index in [4.69, 9.17) is 5.53 Å². The van der Waals surface area contributed by atoms with E-state index in [0.717, 1.165) is 55.7 Å². The minimum Gasteiger partial charge on any atom is -0.365 e. The van der Waals surface area contributed by atoms with Crippen LogP contribution in [0.5, 0.6) is 0 Å². The molecule has 0 aliphatic rings. The highest BCUT2D eigenvalue weighted by molar-refractivity contribution is 5.81. The molecule has 2 N–H and O–H groups in total. The van der Waals surface area contributed by atoms with Crippen LogP contribution >= 0.6 is 0 Å². The van der Waals surface area contributed by atoms with Gasteiger partial charge < -0.3 is 9.80 Å². The number of hydrogen-bond acceptors (Lipinski definition) is 3. The molecule has 128 valence electrons. The van der Waals surface area contributed by atoms with Crippen molar-refractivity contribution in [2.45, 2.75) is 46.5 Å². The summed E-state index contributed by atoms with van der Waals surface area (Å²) in [5.74, 6) is 0.194. The quantitative estimate of drug-likeness (QED) is 0.674. The summed E-state index contributed by atoms with van der Waals surface area (Å²) >= 11 is 0. The van der Waals surface area contributed by atoms with Crippen LogP contribution in [0.1, 0.15) is 45.1 Å². The van der Waals surface area contributed by atoms with E-state index in [9.17, 15) is 4.79 Å². The van der Waals surface area contributed by atoms with Crippen molar-refractivity contribution in [3.8, 4) is 0 Å². The van der Waals surface area contributed by atoms with E-state index < -0.39 is 0 Å². The highest BCUT2D eigenvalue weighted by atomic mass is 16.2. The van der Waals surface area contributed by atoms with E-state index in [1.54, 1.807) is 0 Å². The van der Waals surface area contributed by atoms with Gasteiger partial charge in [0.25, 0.3) is 0 Å². The van der Waals surface area contributed by atoms with Crippen molar-refractivity contribution in [3.63, 3.8) is 0 Å². The lowest BCUT2D eigenvalue weighted by Gasteiger charge is -2.26. The first-order chi connectivity index (χ1) is 11.0. The van der Waals surface area contributed by atoms with Gasteiger partial charge in [0.1, 0.15) is 5.69 Å². The number of carbonyl (C=O) groups excluding carboxylic acids is 1. The summed E-state index contributed by atoms with van der Waals surface area (Å²) < 4.78 is 0. The first-order valence-electron chi connectivity index (χ1n) is 8.53. The zero-order valence-corrected chi connectivity index (χ0v) is 15.0. The van der Waals surface area contributed by atoms with Gasteiger partial charge in [0.2, 0.25) is 5.91 Å². The molecule has 0 saturated heterocycles. The summed E-state index contributed by atoms with van der Waals surface area (Å²) in [6.45, 7) is 8.38. The predicted molar refractivity (Wildman–Crippen MR) is 94.9 cm³/mol. The summed E-state index contributed by atoms with van der Waals surface area (Å²) in [6, 6.07) is 5.85. The second-order valence-corrected chi connectivity index (χ2v) is 6.04. The van der Waals surface area contributed by atoms with Crippen LogP contribution in [-0.2, 0) is 4.79 Å². The van der Waals surface area contributed by atoms with Gasteiger partial charge >= 0.3 is 0 Å². The molecule has 0 aliphatic carbocycles. The number of nitrogens with zero attached hydrogens (tertiary/aromatic N) is 3. The Morgan fingerprint density at radius 3 is 2.26 bits per heavy atom. The lowest BCUT2D eigenvalue weighted by atomic mass is 10.1. The number of rotatable bonds is 10. The Morgan fingerprint density at radius 2 is 1.78 bits per heavy atom. The fourth-order valence-electron chi connectivity index (χ4n) is 2.48. The Kier molecular flexibility index (Phi) is 8.30. The van der Waals surface area contributed by atoms with Crippen molar-refractivity contribution in [3.05, 3.63) is 23.8 Å². The highest BCUT2D eigenvalue weighted by Gasteiger charge is 2.15. The van der Waals surface area contributed by atoms with Gasteiger partial charge in [0, 0.05) is 25.8 Å². The molecule has 1 aromatic rings. The van der Waals surface area contributed by atoms with Crippen molar-refractivity contribution < 1.29 is 10.3 Å². The number of carbonyl (C=O) groups is 1. The normalized spacial score (nSPS) is 10.4. The summed E-state index contributed by atoms with van der Waals surface area (Å²) in [6.07, 6.45) is 4.33. The van der Waals surface area contributed by atoms with E-state index >= 15 is 0 Å². The van der Waals surface area contributed by atoms with Crippen LogP contribution in [0.3, 0.4) is 0 Å². The zero-order valence-electron chi connectivity index (χ0n) is 15.0. The van der Waals surface area contributed by atoms with Crippen LogP contribution in [0.4, 0.5) is 11.4 Å². The van der Waals surface area contributed by atoms with E-state index in [1.807, 2.05) is 42.0 Å². The lowest BCUT2D eigenvalue weighted by molar-refractivity contribution is -0.210. The van der Waals surface area contributed by atoms with Crippen LogP contribution in [0, 0.1) is 6.92 Å². The summed E-state index contributed by atoms with van der Waals surface area (Å²) in [5, 5.41) is 3.73. The molecule has 0 bridgehead atoms. The van der Waals surface area contributed by atoms with Gasteiger partial charge in [-0.3, -0.25) is 4.79 Å². The first-order valence-corrected chi connectivity index (χ1v) is 8.53. The molecule has 0 saturated carbocycles. The Morgan fingerprint density at radius 1 is 1.17 bits per heavy atom. The third kappa shape index (κ3) is 6.00. The van der Waals surface area contributed by atoms with Crippen molar-refractivity contribution in [1.82, 2.24) is 4.90 Å². The average Bonchev–Trinajstić information content (AvgIpc) is 2.54. The summed E-state index contributed by atoms with van der Waals surface area (Å²) in [5.41, 5.74) is 8.14. The smallest absolute Gasteiger partial charge is 0.242 e. The third-order valence-electron chi connectivity index (χ3n) is 4.05. The lowest BCUT2D eigenvalue weighted by Crippen LogP contribution is -2.40. The van der Waals surface area contributed by atoms with Crippen LogP contribution in [-0.4, -0.2) is 37.5 Å². The summed E-state index contributed by atoms with van der Waals surface area (Å²) in [4.78, 5) is 16.6. The fraction of sp³-hybridized carbons (Fsp3) is 0.611. The van der Waals surface area contributed by atoms with E-state index in [2.05, 4.69) is 19.0 Å². The molecule has 0 atom stereocenters. The highest BCUT2D eigenvalue weighted by Crippen LogP contribution is 2.23. The van der Waals surface area contributed by atoms with Crippen molar-refractivity contribution >= 4 is 17.3 Å². The molecule has 0 fully saturated rings. The number of aryl methyl sites for hydroxylation is 1.